The molecular weight excluding hydrogens is 228 g/mol. The van der Waals surface area contributed by atoms with E-state index < -0.39 is 0 Å². The molecule has 1 aromatic rings. The minimum absolute atomic E-state index is 0.726. The lowest BCUT2D eigenvalue weighted by Crippen LogP contribution is -2.35. The third kappa shape index (κ3) is 4.00. The van der Waals surface area contributed by atoms with Gasteiger partial charge in [0.2, 0.25) is 0 Å². The van der Waals surface area contributed by atoms with Crippen LogP contribution in [0.5, 0.6) is 0 Å². The summed E-state index contributed by atoms with van der Waals surface area (Å²) in [6, 6.07) is 6.87. The van der Waals surface area contributed by atoms with Crippen LogP contribution in [-0.2, 0) is 6.42 Å². The molecule has 1 aromatic heterocycles. The molecule has 2 unspecified atom stereocenters. The summed E-state index contributed by atoms with van der Waals surface area (Å²) in [6.07, 6.45) is 7.04. The van der Waals surface area contributed by atoms with Crippen LogP contribution in [0.25, 0.3) is 0 Å². The van der Waals surface area contributed by atoms with Crippen molar-refractivity contribution in [2.24, 2.45) is 0 Å². The average Bonchev–Trinajstić information content (AvgIpc) is 2.79. The molecule has 17 heavy (non-hydrogen) atoms. The van der Waals surface area contributed by atoms with Crippen LogP contribution in [0.2, 0.25) is 0 Å². The molecular formula is C14H22N2S. The molecule has 0 aromatic carbocycles. The molecule has 2 rings (SSSR count). The Morgan fingerprint density at radius 3 is 3.12 bits per heavy atom. The molecule has 0 radical (unpaired) electrons. The first-order chi connectivity index (χ1) is 8.40. The number of hydrogen-bond donors (Lipinski definition) is 1. The second-order valence-corrected chi connectivity index (χ2v) is 6.07. The van der Waals surface area contributed by atoms with Gasteiger partial charge in [0.1, 0.15) is 0 Å². The van der Waals surface area contributed by atoms with E-state index in [9.17, 15) is 0 Å². The van der Waals surface area contributed by atoms with Crippen molar-refractivity contribution in [1.29, 1.82) is 0 Å². The van der Waals surface area contributed by atoms with Crippen LogP contribution in [0.4, 0.5) is 0 Å². The molecule has 0 bridgehead atoms. The zero-order valence-corrected chi connectivity index (χ0v) is 11.4. The standard InChI is InChI=1S/C14H22N2S/c1-2-17-14-8-5-7-13(14)16-11-9-12-6-3-4-10-15-12/h3-4,6,10,13-14,16H,2,5,7-9,11H2,1H3. The van der Waals surface area contributed by atoms with E-state index in [1.807, 2.05) is 12.3 Å². The van der Waals surface area contributed by atoms with E-state index >= 15 is 0 Å². The number of rotatable bonds is 6. The van der Waals surface area contributed by atoms with Gasteiger partial charge in [-0.25, -0.2) is 0 Å². The SMILES string of the molecule is CCSC1CCCC1NCCc1ccccn1. The topological polar surface area (TPSA) is 24.9 Å². The highest BCUT2D eigenvalue weighted by molar-refractivity contribution is 7.99. The second-order valence-electron chi connectivity index (χ2n) is 4.56. The monoisotopic (exact) mass is 250 g/mol. The summed E-state index contributed by atoms with van der Waals surface area (Å²) in [5.41, 5.74) is 1.19. The van der Waals surface area contributed by atoms with Gasteiger partial charge in [-0.2, -0.15) is 11.8 Å². The quantitative estimate of drug-likeness (QED) is 0.840. The van der Waals surface area contributed by atoms with Gasteiger partial charge in [0.05, 0.1) is 0 Å². The Morgan fingerprint density at radius 1 is 1.41 bits per heavy atom. The van der Waals surface area contributed by atoms with Gasteiger partial charge in [-0.1, -0.05) is 19.4 Å². The number of hydrogen-bond acceptors (Lipinski definition) is 3. The predicted molar refractivity (Wildman–Crippen MR) is 75.5 cm³/mol. The van der Waals surface area contributed by atoms with Crippen molar-refractivity contribution in [3.05, 3.63) is 30.1 Å². The summed E-state index contributed by atoms with van der Waals surface area (Å²) in [5.74, 6) is 1.24. The van der Waals surface area contributed by atoms with Crippen LogP contribution in [-0.4, -0.2) is 28.6 Å². The molecule has 0 saturated heterocycles. The summed E-state index contributed by atoms with van der Waals surface area (Å²) in [5, 5.41) is 4.54. The lowest BCUT2D eigenvalue weighted by Gasteiger charge is -2.20. The zero-order chi connectivity index (χ0) is 11.9. The maximum Gasteiger partial charge on any atom is 0.0416 e. The maximum atomic E-state index is 4.35. The van der Waals surface area contributed by atoms with Crippen LogP contribution in [0, 0.1) is 0 Å². The van der Waals surface area contributed by atoms with Gasteiger partial charge in [0, 0.05) is 36.1 Å². The van der Waals surface area contributed by atoms with Crippen molar-refractivity contribution in [2.45, 2.75) is 43.9 Å². The molecule has 1 heterocycles. The van der Waals surface area contributed by atoms with E-state index in [1.165, 1.54) is 30.7 Å². The van der Waals surface area contributed by atoms with Crippen molar-refractivity contribution in [1.82, 2.24) is 10.3 Å². The number of nitrogens with zero attached hydrogens (tertiary/aromatic N) is 1. The molecule has 3 heteroatoms. The van der Waals surface area contributed by atoms with E-state index in [0.29, 0.717) is 0 Å². The molecule has 1 aliphatic rings. The summed E-state index contributed by atoms with van der Waals surface area (Å²) >= 11 is 2.12. The highest BCUT2D eigenvalue weighted by atomic mass is 32.2. The molecule has 0 aliphatic heterocycles. The molecule has 1 aliphatic carbocycles. The van der Waals surface area contributed by atoms with Crippen molar-refractivity contribution in [3.8, 4) is 0 Å². The van der Waals surface area contributed by atoms with Crippen LogP contribution < -0.4 is 5.32 Å². The Bertz CT molecular complexity index is 315. The van der Waals surface area contributed by atoms with E-state index in [1.54, 1.807) is 0 Å². The molecule has 0 amide bonds. The molecule has 94 valence electrons. The minimum Gasteiger partial charge on any atom is -0.312 e. The van der Waals surface area contributed by atoms with Crippen molar-refractivity contribution >= 4 is 11.8 Å². The molecule has 2 atom stereocenters. The maximum absolute atomic E-state index is 4.35. The minimum atomic E-state index is 0.726. The van der Waals surface area contributed by atoms with Crippen molar-refractivity contribution < 1.29 is 0 Å². The smallest absolute Gasteiger partial charge is 0.0416 e. The third-order valence-corrected chi connectivity index (χ3v) is 4.67. The molecule has 1 saturated carbocycles. The normalized spacial score (nSPS) is 24.1. The summed E-state index contributed by atoms with van der Waals surface area (Å²) < 4.78 is 0. The second kappa shape index (κ2) is 7.02. The number of nitrogens with one attached hydrogen (secondary N) is 1. The lowest BCUT2D eigenvalue weighted by molar-refractivity contribution is 0.533. The van der Waals surface area contributed by atoms with E-state index in [4.69, 9.17) is 0 Å². The van der Waals surface area contributed by atoms with Crippen LogP contribution in [0.3, 0.4) is 0 Å². The Hall–Kier alpha value is -0.540. The predicted octanol–water partition coefficient (Wildman–Crippen LogP) is 2.89. The summed E-state index contributed by atoms with van der Waals surface area (Å²) in [6.45, 7) is 3.32. The van der Waals surface area contributed by atoms with Gasteiger partial charge in [-0.15, -0.1) is 0 Å². The Morgan fingerprint density at radius 2 is 2.35 bits per heavy atom. The van der Waals surface area contributed by atoms with E-state index in [2.05, 4.69) is 41.1 Å². The van der Waals surface area contributed by atoms with E-state index in [-0.39, 0.29) is 0 Å². The molecule has 1 N–H and O–H groups in total. The number of thioether (sulfide) groups is 1. The first-order valence-electron chi connectivity index (χ1n) is 6.65. The largest absolute Gasteiger partial charge is 0.312 e. The molecule has 1 fully saturated rings. The average molecular weight is 250 g/mol. The number of pyridine rings is 1. The van der Waals surface area contributed by atoms with Gasteiger partial charge in [0.25, 0.3) is 0 Å². The van der Waals surface area contributed by atoms with Crippen molar-refractivity contribution in [3.63, 3.8) is 0 Å². The van der Waals surface area contributed by atoms with Gasteiger partial charge >= 0.3 is 0 Å². The molecule has 2 nitrogen and oxygen atoms in total. The summed E-state index contributed by atoms with van der Waals surface area (Å²) in [7, 11) is 0. The van der Waals surface area contributed by atoms with Gasteiger partial charge in [0.15, 0.2) is 0 Å². The Kier molecular flexibility index (Phi) is 5.33. The van der Waals surface area contributed by atoms with Crippen LogP contribution in [0.15, 0.2) is 24.4 Å². The van der Waals surface area contributed by atoms with E-state index in [0.717, 1.165) is 24.3 Å². The Balaban J connectivity index is 1.71. The number of aromatic nitrogens is 1. The lowest BCUT2D eigenvalue weighted by atomic mass is 10.2. The Labute approximate surface area is 109 Å². The summed E-state index contributed by atoms with van der Waals surface area (Å²) in [4.78, 5) is 4.35. The van der Waals surface area contributed by atoms with Crippen molar-refractivity contribution in [2.75, 3.05) is 12.3 Å². The van der Waals surface area contributed by atoms with Gasteiger partial charge in [-0.05, 0) is 30.7 Å². The first kappa shape index (κ1) is 12.9. The van der Waals surface area contributed by atoms with Crippen LogP contribution in [0.1, 0.15) is 31.9 Å². The fourth-order valence-corrected chi connectivity index (χ4v) is 3.73. The van der Waals surface area contributed by atoms with Crippen LogP contribution >= 0.6 is 11.8 Å². The highest BCUT2D eigenvalue weighted by Crippen LogP contribution is 2.29. The zero-order valence-electron chi connectivity index (χ0n) is 10.6. The first-order valence-corrected chi connectivity index (χ1v) is 7.70. The highest BCUT2D eigenvalue weighted by Gasteiger charge is 2.26. The fraction of sp³-hybridized carbons (Fsp3) is 0.643. The molecule has 0 spiro atoms. The third-order valence-electron chi connectivity index (χ3n) is 3.35. The van der Waals surface area contributed by atoms with Gasteiger partial charge < -0.3 is 5.32 Å². The van der Waals surface area contributed by atoms with Gasteiger partial charge in [-0.3, -0.25) is 4.98 Å². The fourth-order valence-electron chi connectivity index (χ4n) is 2.50.